The van der Waals surface area contributed by atoms with Crippen LogP contribution in [0.15, 0.2) is 42.5 Å². The van der Waals surface area contributed by atoms with E-state index in [4.69, 9.17) is 27.9 Å². The average molecular weight is 451 g/mol. The molecule has 0 atom stereocenters. The van der Waals surface area contributed by atoms with Crippen molar-refractivity contribution < 1.29 is 14.3 Å². The number of nitrogens with one attached hydrogen (secondary N) is 2. The van der Waals surface area contributed by atoms with Crippen molar-refractivity contribution in [1.29, 1.82) is 0 Å². The zero-order valence-corrected chi connectivity index (χ0v) is 18.2. The number of hydrogen-bond donors (Lipinski definition) is 2. The van der Waals surface area contributed by atoms with Crippen LogP contribution in [0.4, 0.5) is 17.1 Å². The molecule has 0 radical (unpaired) electrons. The molecular weight excluding hydrogens is 427 g/mol. The van der Waals surface area contributed by atoms with Crippen LogP contribution >= 0.6 is 23.2 Å². The summed E-state index contributed by atoms with van der Waals surface area (Å²) in [6.45, 7) is 3.29. The van der Waals surface area contributed by atoms with Crippen molar-refractivity contribution in [3.63, 3.8) is 0 Å². The first-order valence-electron chi connectivity index (χ1n) is 9.57. The van der Waals surface area contributed by atoms with E-state index in [0.29, 0.717) is 21.4 Å². The van der Waals surface area contributed by atoms with E-state index < -0.39 is 0 Å². The number of nitrogens with zero attached hydrogens (tertiary/aromatic N) is 2. The number of anilines is 3. The van der Waals surface area contributed by atoms with Gasteiger partial charge in [0.15, 0.2) is 0 Å². The van der Waals surface area contributed by atoms with Crippen molar-refractivity contribution in [2.24, 2.45) is 0 Å². The van der Waals surface area contributed by atoms with E-state index in [0.717, 1.165) is 32.0 Å². The predicted molar refractivity (Wildman–Crippen MR) is 121 cm³/mol. The van der Waals surface area contributed by atoms with Crippen LogP contribution in [0.3, 0.4) is 0 Å². The molecule has 9 heteroatoms. The summed E-state index contributed by atoms with van der Waals surface area (Å²) in [5, 5.41) is 6.41. The number of benzene rings is 2. The fourth-order valence-corrected chi connectivity index (χ4v) is 3.56. The lowest BCUT2D eigenvalue weighted by Gasteiger charge is -2.28. The molecule has 0 unspecified atom stereocenters. The maximum Gasteiger partial charge on any atom is 0.238 e. The molecule has 30 heavy (non-hydrogen) atoms. The number of carbonyl (C=O) groups excluding carboxylic acids is 2. The molecule has 1 saturated heterocycles. The Labute approximate surface area is 185 Å². The Balaban J connectivity index is 1.45. The fraction of sp³-hybridized carbons (Fsp3) is 0.333. The summed E-state index contributed by atoms with van der Waals surface area (Å²) in [6, 6.07) is 12.5. The number of likely N-dealkylation sites (N-methyl/N-ethyl adjacent to an activating group) is 1. The van der Waals surface area contributed by atoms with Gasteiger partial charge in [0.25, 0.3) is 0 Å². The van der Waals surface area contributed by atoms with Gasteiger partial charge in [0.05, 0.1) is 37.0 Å². The van der Waals surface area contributed by atoms with Crippen LogP contribution in [0.5, 0.6) is 0 Å². The SMILES string of the molecule is CN(CC(=O)Nc1ccc(N2CCOCC2)cc1)CC(=O)Nc1ccc(Cl)cc1Cl. The molecule has 0 aromatic heterocycles. The lowest BCUT2D eigenvalue weighted by molar-refractivity contribution is -0.119. The van der Waals surface area contributed by atoms with Gasteiger partial charge >= 0.3 is 0 Å². The molecule has 2 amide bonds. The van der Waals surface area contributed by atoms with Crippen LogP contribution < -0.4 is 15.5 Å². The Morgan fingerprint density at radius 1 is 1.00 bits per heavy atom. The number of rotatable bonds is 7. The van der Waals surface area contributed by atoms with E-state index >= 15 is 0 Å². The zero-order chi connectivity index (χ0) is 21.5. The van der Waals surface area contributed by atoms with E-state index in [-0.39, 0.29) is 24.9 Å². The second kappa shape index (κ2) is 10.6. The quantitative estimate of drug-likeness (QED) is 0.676. The largest absolute Gasteiger partial charge is 0.378 e. The van der Waals surface area contributed by atoms with Crippen LogP contribution in [0, 0.1) is 0 Å². The van der Waals surface area contributed by atoms with Crippen LogP contribution in [0.2, 0.25) is 10.0 Å². The van der Waals surface area contributed by atoms with Crippen LogP contribution in [-0.4, -0.2) is 63.2 Å². The predicted octanol–water partition coefficient (Wildman–Crippen LogP) is 3.34. The number of carbonyl (C=O) groups is 2. The lowest BCUT2D eigenvalue weighted by Crippen LogP contribution is -2.36. The van der Waals surface area contributed by atoms with Gasteiger partial charge in [-0.15, -0.1) is 0 Å². The maximum absolute atomic E-state index is 12.3. The average Bonchev–Trinajstić information content (AvgIpc) is 2.71. The minimum atomic E-state index is -0.274. The van der Waals surface area contributed by atoms with Crippen molar-refractivity contribution >= 4 is 52.1 Å². The Morgan fingerprint density at radius 2 is 1.63 bits per heavy atom. The molecule has 1 fully saturated rings. The first-order chi connectivity index (χ1) is 14.4. The van der Waals surface area contributed by atoms with Gasteiger partial charge < -0.3 is 20.3 Å². The summed E-state index contributed by atoms with van der Waals surface area (Å²) in [4.78, 5) is 28.4. The number of halogens is 2. The third kappa shape index (κ3) is 6.60. The summed E-state index contributed by atoms with van der Waals surface area (Å²) >= 11 is 11.9. The zero-order valence-electron chi connectivity index (χ0n) is 16.7. The molecule has 1 heterocycles. The number of morpholine rings is 1. The second-order valence-electron chi connectivity index (χ2n) is 7.04. The van der Waals surface area contributed by atoms with Gasteiger partial charge in [-0.3, -0.25) is 14.5 Å². The first-order valence-corrected chi connectivity index (χ1v) is 10.3. The standard InChI is InChI=1S/C21H24Cl2N4O3/c1-26(14-21(29)25-19-7-2-15(22)12-18(19)23)13-20(28)24-16-3-5-17(6-4-16)27-8-10-30-11-9-27/h2-7,12H,8-11,13-14H2,1H3,(H,24,28)(H,25,29). The molecule has 3 rings (SSSR count). The third-order valence-electron chi connectivity index (χ3n) is 4.56. The van der Waals surface area contributed by atoms with Gasteiger partial charge in [0.1, 0.15) is 0 Å². The minimum Gasteiger partial charge on any atom is -0.378 e. The number of amides is 2. The molecule has 0 saturated carbocycles. The highest BCUT2D eigenvalue weighted by atomic mass is 35.5. The molecule has 2 aromatic rings. The van der Waals surface area contributed by atoms with Gasteiger partial charge in [-0.05, 0) is 49.5 Å². The molecule has 2 N–H and O–H groups in total. The topological polar surface area (TPSA) is 73.9 Å². The lowest BCUT2D eigenvalue weighted by atomic mass is 10.2. The second-order valence-corrected chi connectivity index (χ2v) is 7.88. The van der Waals surface area contributed by atoms with Gasteiger partial charge in [0.2, 0.25) is 11.8 Å². The maximum atomic E-state index is 12.3. The number of ether oxygens (including phenoxy) is 1. The van der Waals surface area contributed by atoms with E-state index in [1.165, 1.54) is 0 Å². The summed E-state index contributed by atoms with van der Waals surface area (Å²) in [6.07, 6.45) is 0. The van der Waals surface area contributed by atoms with Gasteiger partial charge in [0, 0.05) is 29.5 Å². The highest BCUT2D eigenvalue weighted by Gasteiger charge is 2.14. The molecular formula is C21H24Cl2N4O3. The molecule has 0 bridgehead atoms. The minimum absolute atomic E-state index is 0.0440. The molecule has 2 aromatic carbocycles. The molecule has 1 aliphatic heterocycles. The van der Waals surface area contributed by atoms with Crippen molar-refractivity contribution in [3.8, 4) is 0 Å². The molecule has 160 valence electrons. The van der Waals surface area contributed by atoms with Gasteiger partial charge in [-0.2, -0.15) is 0 Å². The van der Waals surface area contributed by atoms with Crippen molar-refractivity contribution in [3.05, 3.63) is 52.5 Å². The Hall–Kier alpha value is -2.32. The number of hydrogen-bond acceptors (Lipinski definition) is 5. The Bertz CT molecular complexity index is 886. The molecule has 1 aliphatic rings. The molecule has 0 spiro atoms. The summed E-state index contributed by atoms with van der Waals surface area (Å²) in [7, 11) is 1.70. The van der Waals surface area contributed by atoms with E-state index in [1.807, 2.05) is 24.3 Å². The summed E-state index contributed by atoms with van der Waals surface area (Å²) in [5.74, 6) is -0.474. The van der Waals surface area contributed by atoms with Gasteiger partial charge in [-0.1, -0.05) is 23.2 Å². The van der Waals surface area contributed by atoms with Gasteiger partial charge in [-0.25, -0.2) is 0 Å². The van der Waals surface area contributed by atoms with Crippen LogP contribution in [0.1, 0.15) is 0 Å². The van der Waals surface area contributed by atoms with Crippen molar-refractivity contribution in [2.75, 3.05) is 62.0 Å². The highest BCUT2D eigenvalue weighted by molar-refractivity contribution is 6.36. The van der Waals surface area contributed by atoms with Crippen molar-refractivity contribution in [2.45, 2.75) is 0 Å². The fourth-order valence-electron chi connectivity index (χ4n) is 3.10. The van der Waals surface area contributed by atoms with Crippen LogP contribution in [-0.2, 0) is 14.3 Å². The summed E-state index contributed by atoms with van der Waals surface area (Å²) in [5.41, 5.74) is 2.29. The molecule has 0 aliphatic carbocycles. The normalized spacial score (nSPS) is 13.9. The van der Waals surface area contributed by atoms with E-state index in [2.05, 4.69) is 15.5 Å². The van der Waals surface area contributed by atoms with Crippen LogP contribution in [0.25, 0.3) is 0 Å². The highest BCUT2D eigenvalue weighted by Crippen LogP contribution is 2.25. The Kier molecular flexibility index (Phi) is 7.93. The monoisotopic (exact) mass is 450 g/mol. The van der Waals surface area contributed by atoms with E-state index in [1.54, 1.807) is 30.1 Å². The summed E-state index contributed by atoms with van der Waals surface area (Å²) < 4.78 is 5.36. The van der Waals surface area contributed by atoms with E-state index in [9.17, 15) is 9.59 Å². The first kappa shape index (κ1) is 22.4. The Morgan fingerprint density at radius 3 is 2.27 bits per heavy atom. The van der Waals surface area contributed by atoms with Crippen molar-refractivity contribution in [1.82, 2.24) is 4.90 Å². The molecule has 7 nitrogen and oxygen atoms in total. The smallest absolute Gasteiger partial charge is 0.238 e. The third-order valence-corrected chi connectivity index (χ3v) is 5.11.